The number of rotatable bonds is 15. The van der Waals surface area contributed by atoms with Crippen molar-refractivity contribution in [1.82, 2.24) is 14.7 Å². The van der Waals surface area contributed by atoms with Crippen LogP contribution in [0.25, 0.3) is 5.52 Å². The first-order valence-corrected chi connectivity index (χ1v) is 19.0. The van der Waals surface area contributed by atoms with Gasteiger partial charge in [0.05, 0.1) is 35.3 Å². The Morgan fingerprint density at radius 2 is 1.70 bits per heavy atom. The highest BCUT2D eigenvalue weighted by molar-refractivity contribution is 7.52. The van der Waals surface area contributed by atoms with Gasteiger partial charge in [0.1, 0.15) is 30.6 Å². The quantitative estimate of drug-likeness (QED) is 0.124. The zero-order chi connectivity index (χ0) is 38.3. The van der Waals surface area contributed by atoms with Crippen LogP contribution in [0, 0.1) is 29.1 Å². The van der Waals surface area contributed by atoms with E-state index in [0.717, 1.165) is 12.8 Å². The number of benzene rings is 1. The normalized spacial score (nSPS) is 23.6. The molecule has 286 valence electrons. The number of fused-ring (bicyclic) bond motifs is 1. The number of carbonyl (C=O) groups is 3. The van der Waals surface area contributed by atoms with Crippen LogP contribution in [0.5, 0.6) is 5.75 Å². The molecule has 2 aliphatic heterocycles. The number of aromatic nitrogens is 2. The van der Waals surface area contributed by atoms with Gasteiger partial charge in [0.15, 0.2) is 12.2 Å². The number of carbonyl (C=O) groups excluding carboxylic acids is 3. The van der Waals surface area contributed by atoms with Gasteiger partial charge in [-0.1, -0.05) is 45.9 Å². The fourth-order valence-corrected chi connectivity index (χ4v) is 7.28. The number of ether oxygens (including phenoxy) is 5. The third-order valence-corrected chi connectivity index (χ3v) is 10.5. The number of nitriles is 1. The van der Waals surface area contributed by atoms with E-state index in [-0.39, 0.29) is 18.3 Å². The van der Waals surface area contributed by atoms with Crippen LogP contribution in [0.4, 0.5) is 5.69 Å². The molecule has 3 aromatic rings. The summed E-state index contributed by atoms with van der Waals surface area (Å²) >= 11 is 0. The van der Waals surface area contributed by atoms with Crippen LogP contribution >= 0.6 is 7.75 Å². The molecule has 0 spiro atoms. The minimum atomic E-state index is -4.57. The molecule has 4 heterocycles. The molecule has 1 unspecified atom stereocenters. The van der Waals surface area contributed by atoms with Gasteiger partial charge >= 0.3 is 25.7 Å². The monoisotopic (exact) mass is 755 g/mol. The smallest absolute Gasteiger partial charge is 0.459 e. The molecule has 6 atom stereocenters. The highest BCUT2D eigenvalue weighted by Crippen LogP contribution is 2.50. The topological polar surface area (TPSA) is 212 Å². The average molecular weight is 756 g/mol. The number of esters is 3. The SMILES string of the molecule is CC(C)C(=O)O[C@H]1[C@H](c2ccc3c(N)ccnn23)O[C@](C#N)(COP(=O)(N[C@@H](C)C(=O)OCC2CCOCC2)Oc2ccccc2)[C@H]1OC(=O)C(C)C. The van der Waals surface area contributed by atoms with E-state index in [9.17, 15) is 24.2 Å². The first-order chi connectivity index (χ1) is 25.3. The van der Waals surface area contributed by atoms with Gasteiger partial charge in [-0.15, -0.1) is 0 Å². The molecule has 16 nitrogen and oxygen atoms in total. The number of nitrogens with one attached hydrogen (secondary N) is 1. The van der Waals surface area contributed by atoms with E-state index in [2.05, 4.69) is 10.2 Å². The summed E-state index contributed by atoms with van der Waals surface area (Å²) < 4.78 is 57.0. The van der Waals surface area contributed by atoms with E-state index in [1.165, 1.54) is 29.8 Å². The second kappa shape index (κ2) is 17.1. The van der Waals surface area contributed by atoms with Crippen LogP contribution in [-0.4, -0.2) is 77.8 Å². The number of nitrogens with zero attached hydrogens (tertiary/aromatic N) is 3. The molecule has 2 fully saturated rings. The third kappa shape index (κ3) is 9.35. The molecule has 2 aliphatic rings. The summed E-state index contributed by atoms with van der Waals surface area (Å²) in [5.74, 6) is -3.12. The molecule has 0 saturated carbocycles. The number of para-hydroxylation sites is 1. The zero-order valence-corrected chi connectivity index (χ0v) is 31.2. The Labute approximate surface area is 307 Å². The lowest BCUT2D eigenvalue weighted by Gasteiger charge is -2.31. The molecule has 17 heteroatoms. The van der Waals surface area contributed by atoms with Gasteiger partial charge in [-0.05, 0) is 56.0 Å². The van der Waals surface area contributed by atoms with Crippen LogP contribution in [0.1, 0.15) is 59.3 Å². The predicted octanol–water partition coefficient (Wildman–Crippen LogP) is 4.54. The van der Waals surface area contributed by atoms with Crippen molar-refractivity contribution in [2.24, 2.45) is 17.8 Å². The number of hydrogen-bond donors (Lipinski definition) is 2. The summed E-state index contributed by atoms with van der Waals surface area (Å²) in [6.07, 6.45) is -1.32. The van der Waals surface area contributed by atoms with E-state index in [1.807, 2.05) is 6.07 Å². The lowest BCUT2D eigenvalue weighted by atomic mass is 9.95. The highest BCUT2D eigenvalue weighted by Gasteiger charge is 2.62. The third-order valence-electron chi connectivity index (χ3n) is 8.85. The largest absolute Gasteiger partial charge is 0.464 e. The van der Waals surface area contributed by atoms with Crippen LogP contribution in [0.15, 0.2) is 54.7 Å². The van der Waals surface area contributed by atoms with Gasteiger partial charge in [0.25, 0.3) is 0 Å². The Kier molecular flexibility index (Phi) is 12.8. The predicted molar refractivity (Wildman–Crippen MR) is 189 cm³/mol. The Bertz CT molecular complexity index is 1840. The maximum Gasteiger partial charge on any atom is 0.459 e. The van der Waals surface area contributed by atoms with Gasteiger partial charge in [0.2, 0.25) is 5.60 Å². The van der Waals surface area contributed by atoms with Crippen molar-refractivity contribution in [2.45, 2.75) is 77.4 Å². The number of nitrogen functional groups attached to an aromatic ring is 1. The highest BCUT2D eigenvalue weighted by atomic mass is 31.2. The molecular formula is C36H46N5O11P. The van der Waals surface area contributed by atoms with Crippen molar-refractivity contribution >= 4 is 36.9 Å². The molecule has 1 aromatic carbocycles. The Morgan fingerprint density at radius 3 is 2.36 bits per heavy atom. The van der Waals surface area contributed by atoms with Gasteiger partial charge in [-0.2, -0.15) is 15.4 Å². The van der Waals surface area contributed by atoms with Crippen LogP contribution in [0.3, 0.4) is 0 Å². The maximum absolute atomic E-state index is 14.6. The van der Waals surface area contributed by atoms with Crippen molar-refractivity contribution in [3.8, 4) is 11.8 Å². The Morgan fingerprint density at radius 1 is 1.02 bits per heavy atom. The minimum absolute atomic E-state index is 0.122. The summed E-state index contributed by atoms with van der Waals surface area (Å²) in [6, 6.07) is 13.8. The van der Waals surface area contributed by atoms with Gasteiger partial charge in [-0.25, -0.2) is 9.08 Å². The number of nitrogens with two attached hydrogens (primary N) is 1. The van der Waals surface area contributed by atoms with Crippen LogP contribution in [0.2, 0.25) is 0 Å². The fraction of sp³-hybridized carbons (Fsp3) is 0.528. The van der Waals surface area contributed by atoms with E-state index < -0.39 is 74.1 Å². The maximum atomic E-state index is 14.6. The summed E-state index contributed by atoms with van der Waals surface area (Å²) in [5.41, 5.74) is 5.16. The van der Waals surface area contributed by atoms with Crippen molar-refractivity contribution < 1.29 is 51.7 Å². The van der Waals surface area contributed by atoms with Gasteiger partial charge in [0, 0.05) is 19.4 Å². The molecule has 5 rings (SSSR count). The molecule has 0 bridgehead atoms. The first kappa shape index (κ1) is 39.7. The van der Waals surface area contributed by atoms with Crippen molar-refractivity contribution in [3.63, 3.8) is 0 Å². The lowest BCUT2D eigenvalue weighted by Crippen LogP contribution is -2.50. The lowest BCUT2D eigenvalue weighted by molar-refractivity contribution is -0.173. The molecule has 53 heavy (non-hydrogen) atoms. The van der Waals surface area contributed by atoms with Gasteiger partial charge < -0.3 is 33.9 Å². The van der Waals surface area contributed by atoms with Crippen LogP contribution < -0.4 is 15.3 Å². The van der Waals surface area contributed by atoms with Crippen molar-refractivity contribution in [3.05, 3.63) is 60.4 Å². The van der Waals surface area contributed by atoms with E-state index in [1.54, 1.807) is 64.1 Å². The van der Waals surface area contributed by atoms with Gasteiger partial charge in [-0.3, -0.25) is 18.9 Å². The summed E-state index contributed by atoms with van der Waals surface area (Å²) in [7, 11) is -4.57. The summed E-state index contributed by atoms with van der Waals surface area (Å²) in [4.78, 5) is 39.5. The number of anilines is 1. The zero-order valence-electron chi connectivity index (χ0n) is 30.3. The molecule has 2 aromatic heterocycles. The summed E-state index contributed by atoms with van der Waals surface area (Å²) in [6.45, 7) is 8.32. The van der Waals surface area contributed by atoms with Crippen molar-refractivity contribution in [2.75, 3.05) is 32.2 Å². The molecule has 0 radical (unpaired) electrons. The Balaban J connectivity index is 1.49. The standard InChI is InChI=1S/C36H46N5O11P/c1-22(2)33(42)49-31-30(29-12-11-28-27(38)13-16-39-41(28)29)51-36(20-37,32(31)50-34(43)23(3)4)21-48-53(45,52-26-9-7-6-8-10-26)40-24(5)35(44)47-19-25-14-17-46-18-15-25/h6-13,16,22-25,30-32H,14-15,17-19,21,38H2,1-5H3,(H,40,45)/t24-,30-,31-,32-,36+,53?/m0/s1. The second-order valence-corrected chi connectivity index (χ2v) is 15.4. The molecule has 0 amide bonds. The number of hydrogen-bond acceptors (Lipinski definition) is 14. The second-order valence-electron chi connectivity index (χ2n) is 13.7. The summed E-state index contributed by atoms with van der Waals surface area (Å²) in [5, 5.41) is 17.9. The molecular weight excluding hydrogens is 709 g/mol. The molecule has 0 aliphatic carbocycles. The van der Waals surface area contributed by atoms with Crippen molar-refractivity contribution in [1.29, 1.82) is 5.26 Å². The van der Waals surface area contributed by atoms with Crippen LogP contribution in [-0.2, 0) is 47.2 Å². The minimum Gasteiger partial charge on any atom is -0.464 e. The first-order valence-electron chi connectivity index (χ1n) is 17.5. The molecule has 2 saturated heterocycles. The Hall–Kier alpha value is -4.52. The molecule has 3 N–H and O–H groups in total. The van der Waals surface area contributed by atoms with E-state index >= 15 is 0 Å². The average Bonchev–Trinajstić information content (AvgIpc) is 3.70. The van der Waals surface area contributed by atoms with E-state index in [4.69, 9.17) is 38.5 Å². The van der Waals surface area contributed by atoms with E-state index in [0.29, 0.717) is 30.1 Å². The fourth-order valence-electron chi connectivity index (χ4n) is 5.76.